The third-order valence-corrected chi connectivity index (χ3v) is 2.91. The number of halogens is 1. The summed E-state index contributed by atoms with van der Waals surface area (Å²) in [6.45, 7) is 4.97. The monoisotopic (exact) mass is 235 g/mol. The van der Waals surface area contributed by atoms with Crippen molar-refractivity contribution in [3.63, 3.8) is 0 Å². The topological polar surface area (TPSA) is 30.7 Å². The first-order valence-corrected chi connectivity index (χ1v) is 5.73. The molecule has 1 aromatic carbocycles. The van der Waals surface area contributed by atoms with Gasteiger partial charge in [-0.25, -0.2) is 4.68 Å². The number of alkyl halides is 1. The highest BCUT2D eigenvalue weighted by Gasteiger charge is 2.01. The number of rotatable bonds is 3. The lowest BCUT2D eigenvalue weighted by Crippen LogP contribution is -2.01. The molecule has 0 saturated carbocycles. The van der Waals surface area contributed by atoms with E-state index in [4.69, 9.17) is 11.6 Å². The minimum atomic E-state index is 0.410. The van der Waals surface area contributed by atoms with Crippen LogP contribution in [0.15, 0.2) is 24.4 Å². The van der Waals surface area contributed by atoms with E-state index in [0.717, 1.165) is 12.2 Å². The predicted molar refractivity (Wildman–Crippen MR) is 64.6 cm³/mol. The van der Waals surface area contributed by atoms with Crippen molar-refractivity contribution in [2.24, 2.45) is 0 Å². The number of nitrogens with zero attached hydrogens (tertiary/aromatic N) is 3. The summed E-state index contributed by atoms with van der Waals surface area (Å²) in [6, 6.07) is 6.42. The van der Waals surface area contributed by atoms with Crippen molar-refractivity contribution in [3.05, 3.63) is 46.8 Å². The van der Waals surface area contributed by atoms with Crippen LogP contribution in [0, 0.1) is 13.8 Å². The van der Waals surface area contributed by atoms with Gasteiger partial charge in [0.15, 0.2) is 0 Å². The summed E-state index contributed by atoms with van der Waals surface area (Å²) in [5.41, 5.74) is 4.65. The van der Waals surface area contributed by atoms with E-state index in [1.54, 1.807) is 0 Å². The van der Waals surface area contributed by atoms with Gasteiger partial charge in [0.25, 0.3) is 0 Å². The highest BCUT2D eigenvalue weighted by molar-refractivity contribution is 6.16. The first-order chi connectivity index (χ1) is 7.69. The van der Waals surface area contributed by atoms with Crippen LogP contribution in [-0.2, 0) is 12.4 Å². The molecule has 2 aromatic rings. The van der Waals surface area contributed by atoms with Crippen molar-refractivity contribution in [2.45, 2.75) is 26.3 Å². The molecule has 0 radical (unpaired) electrons. The molecule has 3 nitrogen and oxygen atoms in total. The minimum absolute atomic E-state index is 0.410. The second-order valence-electron chi connectivity index (χ2n) is 3.96. The molecule has 1 aromatic heterocycles. The molecule has 0 amide bonds. The molecular formula is C12H14ClN3. The third kappa shape index (κ3) is 2.42. The molecule has 0 N–H and O–H groups in total. The number of benzene rings is 1. The molecule has 0 aliphatic heterocycles. The van der Waals surface area contributed by atoms with Crippen LogP contribution in [0.5, 0.6) is 0 Å². The third-order valence-electron chi connectivity index (χ3n) is 2.64. The standard InChI is InChI=1S/C12H14ClN3/c1-9-3-4-11(5-10(9)2)7-16-8-12(6-13)14-15-16/h3-5,8H,6-7H2,1-2H3. The number of aromatic nitrogens is 3. The maximum Gasteiger partial charge on any atom is 0.0974 e. The van der Waals surface area contributed by atoms with E-state index >= 15 is 0 Å². The number of hydrogen-bond acceptors (Lipinski definition) is 2. The van der Waals surface area contributed by atoms with E-state index in [-0.39, 0.29) is 0 Å². The Morgan fingerprint density at radius 2 is 2.06 bits per heavy atom. The Labute approximate surface area is 100 Å². The van der Waals surface area contributed by atoms with Gasteiger partial charge in [0.2, 0.25) is 0 Å². The van der Waals surface area contributed by atoms with Crippen LogP contribution in [0.2, 0.25) is 0 Å². The van der Waals surface area contributed by atoms with Crippen molar-refractivity contribution in [2.75, 3.05) is 0 Å². The van der Waals surface area contributed by atoms with Crippen LogP contribution in [-0.4, -0.2) is 15.0 Å². The zero-order valence-electron chi connectivity index (χ0n) is 9.44. The highest BCUT2D eigenvalue weighted by Crippen LogP contribution is 2.11. The van der Waals surface area contributed by atoms with Crippen molar-refractivity contribution in [1.29, 1.82) is 0 Å². The molecule has 84 valence electrons. The Morgan fingerprint density at radius 3 is 2.69 bits per heavy atom. The van der Waals surface area contributed by atoms with Gasteiger partial charge in [0.1, 0.15) is 0 Å². The van der Waals surface area contributed by atoms with Crippen molar-refractivity contribution >= 4 is 11.6 Å². The van der Waals surface area contributed by atoms with Crippen LogP contribution >= 0.6 is 11.6 Å². The normalized spacial score (nSPS) is 10.7. The maximum atomic E-state index is 5.67. The summed E-state index contributed by atoms with van der Waals surface area (Å²) in [5, 5.41) is 7.97. The van der Waals surface area contributed by atoms with E-state index in [0.29, 0.717) is 5.88 Å². The zero-order chi connectivity index (χ0) is 11.5. The van der Waals surface area contributed by atoms with Gasteiger partial charge in [0, 0.05) is 0 Å². The van der Waals surface area contributed by atoms with E-state index in [1.807, 2.05) is 10.9 Å². The Morgan fingerprint density at radius 1 is 1.25 bits per heavy atom. The first kappa shape index (κ1) is 11.1. The SMILES string of the molecule is Cc1ccc(Cn2cc(CCl)nn2)cc1C. The zero-order valence-corrected chi connectivity index (χ0v) is 10.2. The molecule has 0 unspecified atom stereocenters. The molecule has 0 spiro atoms. The molecule has 1 heterocycles. The smallest absolute Gasteiger partial charge is 0.0974 e. The van der Waals surface area contributed by atoms with Crippen molar-refractivity contribution in [1.82, 2.24) is 15.0 Å². The Bertz CT molecular complexity index is 491. The van der Waals surface area contributed by atoms with Gasteiger partial charge in [-0.3, -0.25) is 0 Å². The molecule has 0 bridgehead atoms. The van der Waals surface area contributed by atoms with Gasteiger partial charge < -0.3 is 0 Å². The average molecular weight is 236 g/mol. The highest BCUT2D eigenvalue weighted by atomic mass is 35.5. The van der Waals surface area contributed by atoms with E-state index in [2.05, 4.69) is 42.4 Å². The fourth-order valence-corrected chi connectivity index (χ4v) is 1.69. The average Bonchev–Trinajstić information content (AvgIpc) is 2.71. The molecule has 0 aliphatic carbocycles. The van der Waals surface area contributed by atoms with Crippen LogP contribution in [0.25, 0.3) is 0 Å². The number of hydrogen-bond donors (Lipinski definition) is 0. The fourth-order valence-electron chi connectivity index (χ4n) is 1.57. The van der Waals surface area contributed by atoms with Gasteiger partial charge in [-0.1, -0.05) is 23.4 Å². The molecule has 4 heteroatoms. The van der Waals surface area contributed by atoms with Crippen LogP contribution in [0.1, 0.15) is 22.4 Å². The molecule has 2 rings (SSSR count). The molecule has 0 aliphatic rings. The predicted octanol–water partition coefficient (Wildman–Crippen LogP) is 2.68. The Balaban J connectivity index is 2.17. The van der Waals surface area contributed by atoms with E-state index < -0.39 is 0 Å². The van der Waals surface area contributed by atoms with Gasteiger partial charge >= 0.3 is 0 Å². The van der Waals surface area contributed by atoms with Crippen LogP contribution in [0.4, 0.5) is 0 Å². The summed E-state index contributed by atoms with van der Waals surface area (Å²) in [5.74, 6) is 0.410. The van der Waals surface area contributed by atoms with Gasteiger partial charge in [-0.15, -0.1) is 16.7 Å². The van der Waals surface area contributed by atoms with E-state index in [1.165, 1.54) is 16.7 Å². The summed E-state index contributed by atoms with van der Waals surface area (Å²) >= 11 is 5.67. The lowest BCUT2D eigenvalue weighted by molar-refractivity contribution is 0.649. The summed E-state index contributed by atoms with van der Waals surface area (Å²) < 4.78 is 1.81. The fraction of sp³-hybridized carbons (Fsp3) is 0.333. The summed E-state index contributed by atoms with van der Waals surface area (Å²) in [6.07, 6.45) is 1.88. The minimum Gasteiger partial charge on any atom is -0.248 e. The van der Waals surface area contributed by atoms with Gasteiger partial charge in [-0.2, -0.15) is 0 Å². The maximum absolute atomic E-state index is 5.67. The van der Waals surface area contributed by atoms with Gasteiger partial charge in [0.05, 0.1) is 24.3 Å². The largest absolute Gasteiger partial charge is 0.248 e. The van der Waals surface area contributed by atoms with Crippen LogP contribution in [0.3, 0.4) is 0 Å². The number of aryl methyl sites for hydroxylation is 2. The summed E-state index contributed by atoms with van der Waals surface area (Å²) in [7, 11) is 0. The lowest BCUT2D eigenvalue weighted by atomic mass is 10.1. The van der Waals surface area contributed by atoms with Gasteiger partial charge in [-0.05, 0) is 30.5 Å². The Kier molecular flexibility index (Phi) is 3.25. The molecule has 0 saturated heterocycles. The summed E-state index contributed by atoms with van der Waals surface area (Å²) in [4.78, 5) is 0. The second-order valence-corrected chi connectivity index (χ2v) is 4.23. The van der Waals surface area contributed by atoms with Crippen molar-refractivity contribution < 1.29 is 0 Å². The Hall–Kier alpha value is -1.35. The van der Waals surface area contributed by atoms with E-state index in [9.17, 15) is 0 Å². The molecule has 0 fully saturated rings. The molecule has 0 atom stereocenters. The lowest BCUT2D eigenvalue weighted by Gasteiger charge is -2.04. The first-order valence-electron chi connectivity index (χ1n) is 5.20. The van der Waals surface area contributed by atoms with Crippen LogP contribution < -0.4 is 0 Å². The molecular weight excluding hydrogens is 222 g/mol. The van der Waals surface area contributed by atoms with Crippen molar-refractivity contribution in [3.8, 4) is 0 Å². The molecule has 16 heavy (non-hydrogen) atoms. The quantitative estimate of drug-likeness (QED) is 0.766. The second kappa shape index (κ2) is 4.66.